The fourth-order valence-electron chi connectivity index (χ4n) is 12.8. The van der Waals surface area contributed by atoms with Crippen LogP contribution in [0.1, 0.15) is 80.6 Å². The van der Waals surface area contributed by atoms with Crippen molar-refractivity contribution in [2.45, 2.75) is 40.0 Å². The topological polar surface area (TPSA) is 24.7 Å². The Kier molecular flexibility index (Phi) is 9.73. The molecule has 0 radical (unpaired) electrons. The van der Waals surface area contributed by atoms with Gasteiger partial charge in [0.15, 0.2) is 5.84 Å². The van der Waals surface area contributed by atoms with Gasteiger partial charge in [0.05, 0.1) is 22.6 Å². The standard InChI is InChI=1S/C68H48N2S/c1-2-51-64(48-37-33-46(34-38-48)44-19-5-3-6-20-44)69-66(70-65(51)49-39-35-47(36-40-49)45-21-7-4-8-22-45)50-41-42-53-52-23-9-10-24-54(52)67(61(53)43-50)55-25-11-13-27-57(55)68(58-28-14-12-26-56(58)67)59-29-15-17-31-62(59)71-63-32-18-16-30-60(63)68/h3-43,51,64H,2H2,1H3. The Morgan fingerprint density at radius 2 is 0.775 bits per heavy atom. The van der Waals surface area contributed by atoms with Crippen molar-refractivity contribution in [1.82, 2.24) is 0 Å². The molecule has 2 aliphatic heterocycles. The van der Waals surface area contributed by atoms with Crippen LogP contribution >= 0.6 is 11.8 Å². The van der Waals surface area contributed by atoms with Gasteiger partial charge in [-0.2, -0.15) is 0 Å². The van der Waals surface area contributed by atoms with E-state index in [1.54, 1.807) is 0 Å². The molecule has 2 nitrogen and oxygen atoms in total. The van der Waals surface area contributed by atoms with Crippen molar-refractivity contribution in [1.29, 1.82) is 0 Å². The van der Waals surface area contributed by atoms with Crippen molar-refractivity contribution in [3.8, 4) is 33.4 Å². The van der Waals surface area contributed by atoms with Crippen LogP contribution in [0.15, 0.2) is 268 Å². The predicted molar refractivity (Wildman–Crippen MR) is 293 cm³/mol. The lowest BCUT2D eigenvalue weighted by Gasteiger charge is -2.51. The molecule has 0 bridgehead atoms. The average molecular weight is 925 g/mol. The first kappa shape index (κ1) is 41.8. The maximum absolute atomic E-state index is 5.76. The van der Waals surface area contributed by atoms with Gasteiger partial charge in [-0.3, -0.25) is 4.99 Å². The minimum Gasteiger partial charge on any atom is -0.257 e. The summed E-state index contributed by atoms with van der Waals surface area (Å²) in [5, 5.41) is 0. The van der Waals surface area contributed by atoms with Crippen LogP contribution in [0, 0.1) is 5.92 Å². The quantitative estimate of drug-likeness (QED) is 0.163. The highest BCUT2D eigenvalue weighted by atomic mass is 32.2. The predicted octanol–water partition coefficient (Wildman–Crippen LogP) is 16.6. The third-order valence-electron chi connectivity index (χ3n) is 15.9. The molecular weight excluding hydrogens is 877 g/mol. The molecule has 0 amide bonds. The average Bonchev–Trinajstić information content (AvgIpc) is 3.75. The Balaban J connectivity index is 0.994. The van der Waals surface area contributed by atoms with Crippen LogP contribution in [0.3, 0.4) is 0 Å². The number of benzene rings is 10. The molecule has 0 saturated heterocycles. The van der Waals surface area contributed by atoms with E-state index in [0.717, 1.165) is 29.1 Å². The molecule has 0 saturated carbocycles. The van der Waals surface area contributed by atoms with Crippen molar-refractivity contribution in [3.05, 3.63) is 310 Å². The molecule has 10 aromatic rings. The molecule has 2 spiro atoms. The highest BCUT2D eigenvalue weighted by Crippen LogP contribution is 2.67. The summed E-state index contributed by atoms with van der Waals surface area (Å²) in [6.45, 7) is 2.29. The molecule has 0 fully saturated rings. The number of hydrogen-bond acceptors (Lipinski definition) is 3. The summed E-state index contributed by atoms with van der Waals surface area (Å²) in [7, 11) is 0. The minimum atomic E-state index is -0.623. The van der Waals surface area contributed by atoms with Gasteiger partial charge < -0.3 is 0 Å². The van der Waals surface area contributed by atoms with Crippen molar-refractivity contribution < 1.29 is 0 Å². The maximum Gasteiger partial charge on any atom is 0.155 e. The SMILES string of the molecule is CCC1C(c2ccc(-c3ccccc3)cc2)=NC(c2ccc3c(c2)C2(c4ccccc4-3)c3ccccc3C3(c4ccccc4Sc4ccccc43)c3ccccc32)=NC1c1ccc(-c2ccccc2)cc1. The first-order chi connectivity index (χ1) is 35.2. The van der Waals surface area contributed by atoms with E-state index >= 15 is 0 Å². The second-order valence-electron chi connectivity index (χ2n) is 19.3. The molecule has 4 aliphatic rings. The van der Waals surface area contributed by atoms with Gasteiger partial charge in [-0.05, 0) is 114 Å². The zero-order chi connectivity index (χ0) is 47.1. The van der Waals surface area contributed by atoms with Gasteiger partial charge in [-0.1, -0.05) is 249 Å². The highest BCUT2D eigenvalue weighted by molar-refractivity contribution is 7.99. The Morgan fingerprint density at radius 1 is 0.366 bits per heavy atom. The Hall–Kier alpha value is -8.11. The van der Waals surface area contributed by atoms with Gasteiger partial charge >= 0.3 is 0 Å². The second kappa shape index (κ2) is 16.5. The Bertz CT molecular complexity index is 3680. The molecule has 2 aliphatic carbocycles. The number of amidine groups is 1. The molecule has 0 N–H and O–H groups in total. The van der Waals surface area contributed by atoms with Crippen LogP contribution < -0.4 is 0 Å². The van der Waals surface area contributed by atoms with Crippen LogP contribution in [0.5, 0.6) is 0 Å². The first-order valence-corrected chi connectivity index (χ1v) is 25.8. The monoisotopic (exact) mass is 924 g/mol. The third-order valence-corrected chi connectivity index (χ3v) is 17.0. The number of hydrogen-bond donors (Lipinski definition) is 0. The summed E-state index contributed by atoms with van der Waals surface area (Å²) in [6.07, 6.45) is 0.893. The van der Waals surface area contributed by atoms with E-state index in [1.807, 2.05) is 11.8 Å². The molecule has 2 heterocycles. The van der Waals surface area contributed by atoms with Gasteiger partial charge in [0.25, 0.3) is 0 Å². The van der Waals surface area contributed by atoms with Crippen LogP contribution in [0.2, 0.25) is 0 Å². The van der Waals surface area contributed by atoms with Gasteiger partial charge in [-0.15, -0.1) is 0 Å². The van der Waals surface area contributed by atoms with E-state index in [4.69, 9.17) is 9.98 Å². The fourth-order valence-corrected chi connectivity index (χ4v) is 14.0. The Labute approximate surface area is 420 Å². The first-order valence-electron chi connectivity index (χ1n) is 25.0. The van der Waals surface area contributed by atoms with Crippen LogP contribution in [-0.2, 0) is 10.8 Å². The molecule has 2 atom stereocenters. The molecular formula is C68H48N2S. The molecule has 336 valence electrons. The smallest absolute Gasteiger partial charge is 0.155 e. The lowest BCUT2D eigenvalue weighted by molar-refractivity contribution is 0.532. The summed E-state index contributed by atoms with van der Waals surface area (Å²) < 4.78 is 0. The zero-order valence-electron chi connectivity index (χ0n) is 39.3. The van der Waals surface area contributed by atoms with Gasteiger partial charge in [0, 0.05) is 21.3 Å². The normalized spacial score (nSPS) is 17.2. The van der Waals surface area contributed by atoms with Crippen molar-refractivity contribution in [2.75, 3.05) is 0 Å². The zero-order valence-corrected chi connectivity index (χ0v) is 40.2. The maximum atomic E-state index is 5.76. The van der Waals surface area contributed by atoms with E-state index in [2.05, 4.69) is 256 Å². The van der Waals surface area contributed by atoms with Gasteiger partial charge in [0.2, 0.25) is 0 Å². The van der Waals surface area contributed by atoms with Crippen molar-refractivity contribution in [2.24, 2.45) is 15.9 Å². The number of fused-ring (bicyclic) bond motifs is 15. The molecule has 0 aromatic heterocycles. The summed E-state index contributed by atoms with van der Waals surface area (Å²) in [6, 6.07) is 92.4. The molecule has 71 heavy (non-hydrogen) atoms. The number of aliphatic imine (C=N–C) groups is 2. The molecule has 10 aromatic carbocycles. The van der Waals surface area contributed by atoms with Gasteiger partial charge in [0.1, 0.15) is 0 Å². The largest absolute Gasteiger partial charge is 0.257 e. The molecule has 2 unspecified atom stereocenters. The van der Waals surface area contributed by atoms with Crippen LogP contribution in [0.25, 0.3) is 33.4 Å². The fraction of sp³-hybridized carbons (Fsp3) is 0.0882. The lowest BCUT2D eigenvalue weighted by Crippen LogP contribution is -2.45. The summed E-state index contributed by atoms with van der Waals surface area (Å²) in [5.41, 5.74) is 21.1. The van der Waals surface area contributed by atoms with E-state index in [-0.39, 0.29) is 12.0 Å². The van der Waals surface area contributed by atoms with E-state index < -0.39 is 10.8 Å². The number of nitrogens with zero attached hydrogens (tertiary/aromatic N) is 2. The van der Waals surface area contributed by atoms with Crippen LogP contribution in [0.4, 0.5) is 0 Å². The highest BCUT2D eigenvalue weighted by Gasteiger charge is 2.58. The molecule has 3 heteroatoms. The van der Waals surface area contributed by atoms with Crippen molar-refractivity contribution in [3.63, 3.8) is 0 Å². The van der Waals surface area contributed by atoms with E-state index in [0.29, 0.717) is 0 Å². The summed E-state index contributed by atoms with van der Waals surface area (Å²) in [5.74, 6) is 0.838. The number of rotatable bonds is 6. The third kappa shape index (κ3) is 6.16. The van der Waals surface area contributed by atoms with Crippen LogP contribution in [-0.4, -0.2) is 11.5 Å². The summed E-state index contributed by atoms with van der Waals surface area (Å²) in [4.78, 5) is 14.1. The lowest BCUT2D eigenvalue weighted by atomic mass is 9.51. The van der Waals surface area contributed by atoms with Gasteiger partial charge in [-0.25, -0.2) is 4.99 Å². The summed E-state index contributed by atoms with van der Waals surface area (Å²) >= 11 is 1.89. The minimum absolute atomic E-state index is 0.0709. The van der Waals surface area contributed by atoms with E-state index in [9.17, 15) is 0 Å². The Morgan fingerprint density at radius 3 is 1.32 bits per heavy atom. The van der Waals surface area contributed by atoms with E-state index in [1.165, 1.54) is 93.2 Å². The second-order valence-corrected chi connectivity index (χ2v) is 20.4. The van der Waals surface area contributed by atoms with Crippen molar-refractivity contribution >= 4 is 23.3 Å². The molecule has 14 rings (SSSR count).